The number of hydrogen-bond acceptors (Lipinski definition) is 7. The van der Waals surface area contributed by atoms with E-state index < -0.39 is 17.5 Å². The van der Waals surface area contributed by atoms with E-state index in [9.17, 15) is 19.2 Å². The fraction of sp³-hybridized carbons (Fsp3) is 0.227. The van der Waals surface area contributed by atoms with Gasteiger partial charge in [-0.2, -0.15) is 0 Å². The Morgan fingerprint density at radius 3 is 2.75 bits per heavy atom. The molecule has 4 amide bonds. The lowest BCUT2D eigenvalue weighted by Crippen LogP contribution is -2.52. The predicted octanol–water partition coefficient (Wildman–Crippen LogP) is 1.73. The summed E-state index contributed by atoms with van der Waals surface area (Å²) in [5.74, 6) is -0.458. The van der Waals surface area contributed by atoms with Crippen LogP contribution in [0, 0.1) is 0 Å². The van der Waals surface area contributed by atoms with Crippen molar-refractivity contribution >= 4 is 34.7 Å². The summed E-state index contributed by atoms with van der Waals surface area (Å²) in [4.78, 5) is 55.4. The first-order valence-electron chi connectivity index (χ1n) is 9.81. The number of imide groups is 1. The number of ether oxygens (including phenoxy) is 1. The lowest BCUT2D eigenvalue weighted by Gasteiger charge is -2.28. The van der Waals surface area contributed by atoms with Crippen LogP contribution in [0.25, 0.3) is 11.1 Å². The Labute approximate surface area is 181 Å². The molecule has 4 heterocycles. The first-order chi connectivity index (χ1) is 15.3. The highest BCUT2D eigenvalue weighted by Crippen LogP contribution is 2.34. The molecule has 0 saturated carbocycles. The largest absolute Gasteiger partial charge is 0.497 e. The van der Waals surface area contributed by atoms with E-state index in [1.807, 2.05) is 0 Å². The predicted molar refractivity (Wildman–Crippen MR) is 110 cm³/mol. The van der Waals surface area contributed by atoms with Crippen LogP contribution in [0.3, 0.4) is 0 Å². The lowest BCUT2D eigenvalue weighted by molar-refractivity contribution is -0.125. The summed E-state index contributed by atoms with van der Waals surface area (Å²) in [5.41, 5.74) is 0.678. The number of amides is 4. The van der Waals surface area contributed by atoms with Gasteiger partial charge in [-0.05, 0) is 30.7 Å². The number of fused-ring (bicyclic) bond motifs is 2. The molecule has 2 N–H and O–H groups in total. The topological polar surface area (TPSA) is 131 Å². The number of nitrogens with one attached hydrogen (secondary N) is 2. The molecule has 1 atom stereocenters. The van der Waals surface area contributed by atoms with Crippen molar-refractivity contribution in [3.8, 4) is 5.75 Å². The van der Waals surface area contributed by atoms with Gasteiger partial charge in [0.2, 0.25) is 0 Å². The van der Waals surface area contributed by atoms with Crippen LogP contribution in [-0.4, -0.2) is 47.2 Å². The summed E-state index contributed by atoms with van der Waals surface area (Å²) in [7, 11) is 1.51. The minimum atomic E-state index is -1.64. The van der Waals surface area contributed by atoms with Crippen LogP contribution in [0.2, 0.25) is 0 Å². The number of urea groups is 1. The number of benzene rings is 1. The number of rotatable bonds is 5. The second-order valence-corrected chi connectivity index (χ2v) is 7.77. The van der Waals surface area contributed by atoms with Gasteiger partial charge in [0.15, 0.2) is 16.9 Å². The van der Waals surface area contributed by atoms with E-state index in [2.05, 4.69) is 15.6 Å². The maximum atomic E-state index is 13.1. The average molecular weight is 434 g/mol. The third-order valence-electron chi connectivity index (χ3n) is 5.76. The minimum Gasteiger partial charge on any atom is -0.497 e. The molecule has 2 aliphatic heterocycles. The van der Waals surface area contributed by atoms with Gasteiger partial charge < -0.3 is 19.4 Å². The van der Waals surface area contributed by atoms with Gasteiger partial charge >= 0.3 is 6.03 Å². The molecule has 5 rings (SSSR count). The quantitative estimate of drug-likeness (QED) is 0.462. The molecule has 0 aliphatic carbocycles. The number of ketones is 1. The number of furan rings is 1. The van der Waals surface area contributed by atoms with E-state index in [-0.39, 0.29) is 30.5 Å². The highest BCUT2D eigenvalue weighted by Gasteiger charge is 2.53. The zero-order chi connectivity index (χ0) is 22.6. The Kier molecular flexibility index (Phi) is 4.26. The highest BCUT2D eigenvalue weighted by molar-refractivity contribution is 6.08. The van der Waals surface area contributed by atoms with Gasteiger partial charge in [0.05, 0.1) is 13.7 Å². The number of carbonyl (C=O) groups excluding carboxylic acids is 4. The molecule has 10 heteroatoms. The van der Waals surface area contributed by atoms with Crippen molar-refractivity contribution in [2.45, 2.75) is 19.0 Å². The molecular formula is C22H18N4O6. The zero-order valence-electron chi connectivity index (χ0n) is 17.2. The van der Waals surface area contributed by atoms with Crippen LogP contribution < -0.4 is 15.4 Å². The fourth-order valence-corrected chi connectivity index (χ4v) is 4.06. The molecule has 1 saturated heterocycles. The van der Waals surface area contributed by atoms with Crippen LogP contribution in [0.4, 0.5) is 4.79 Å². The van der Waals surface area contributed by atoms with Gasteiger partial charge in [-0.15, -0.1) is 0 Å². The van der Waals surface area contributed by atoms with Crippen LogP contribution in [0.1, 0.15) is 39.0 Å². The van der Waals surface area contributed by atoms with Crippen LogP contribution >= 0.6 is 0 Å². The van der Waals surface area contributed by atoms with Crippen LogP contribution in [0.5, 0.6) is 5.75 Å². The number of methoxy groups -OCH3 is 1. The summed E-state index contributed by atoms with van der Waals surface area (Å²) < 4.78 is 11.1. The van der Waals surface area contributed by atoms with E-state index in [1.165, 1.54) is 37.3 Å². The van der Waals surface area contributed by atoms with Crippen molar-refractivity contribution in [3.63, 3.8) is 0 Å². The minimum absolute atomic E-state index is 0.116. The lowest BCUT2D eigenvalue weighted by atomic mass is 9.95. The molecule has 0 spiro atoms. The molecule has 0 unspecified atom stereocenters. The molecule has 1 fully saturated rings. The third kappa shape index (κ3) is 2.91. The van der Waals surface area contributed by atoms with E-state index in [0.717, 1.165) is 5.56 Å². The summed E-state index contributed by atoms with van der Waals surface area (Å²) in [5, 5.41) is 4.85. The van der Waals surface area contributed by atoms with Gasteiger partial charge in [-0.3, -0.25) is 24.7 Å². The Morgan fingerprint density at radius 1 is 1.25 bits per heavy atom. The maximum absolute atomic E-state index is 13.1. The van der Waals surface area contributed by atoms with Crippen molar-refractivity contribution in [2.24, 2.45) is 0 Å². The number of aromatic nitrogens is 1. The monoisotopic (exact) mass is 434 g/mol. The summed E-state index contributed by atoms with van der Waals surface area (Å²) in [6, 6.07) is 7.55. The molecule has 162 valence electrons. The van der Waals surface area contributed by atoms with Crippen molar-refractivity contribution < 1.29 is 28.3 Å². The van der Waals surface area contributed by atoms with Gasteiger partial charge in [-0.1, -0.05) is 6.07 Å². The van der Waals surface area contributed by atoms with Gasteiger partial charge in [0.25, 0.3) is 11.8 Å². The van der Waals surface area contributed by atoms with Crippen molar-refractivity contribution in [3.05, 3.63) is 59.0 Å². The molecule has 0 bridgehead atoms. The van der Waals surface area contributed by atoms with Crippen LogP contribution in [0.15, 0.2) is 40.9 Å². The molecule has 2 aromatic heterocycles. The number of nitrogens with zero attached hydrogens (tertiary/aromatic N) is 2. The first-order valence-corrected chi connectivity index (χ1v) is 9.81. The molecule has 2 aliphatic rings. The maximum Gasteiger partial charge on any atom is 0.322 e. The second-order valence-electron chi connectivity index (χ2n) is 7.77. The normalized spacial score (nSPS) is 19.8. The van der Waals surface area contributed by atoms with Crippen molar-refractivity contribution in [1.29, 1.82) is 0 Å². The Bertz CT molecular complexity index is 1330. The van der Waals surface area contributed by atoms with Gasteiger partial charge in [-0.25, -0.2) is 4.79 Å². The first kappa shape index (κ1) is 19.7. The second kappa shape index (κ2) is 6.91. The molecular weight excluding hydrogens is 416 g/mol. The molecule has 1 aromatic carbocycles. The molecule has 10 nitrogen and oxygen atoms in total. The Balaban J connectivity index is 1.55. The number of pyridine rings is 1. The third-order valence-corrected chi connectivity index (χ3v) is 5.76. The Hall–Kier alpha value is -4.21. The Morgan fingerprint density at radius 2 is 2.06 bits per heavy atom. The standard InChI is InChI=1S/C22H18N4O6/c1-11(27)13-5-17-16(23-8-13)7-18(32-17)22(20(29)24-21(30)25-22)10-26-9-12-3-4-14(31-2)6-15(12)19(26)28/h3-8H,9-10H2,1-2H3,(H2,24,25,29,30)/t22-/m0/s1. The fourth-order valence-electron chi connectivity index (χ4n) is 4.06. The summed E-state index contributed by atoms with van der Waals surface area (Å²) in [6.45, 7) is 1.51. The highest BCUT2D eigenvalue weighted by atomic mass is 16.5. The van der Waals surface area contributed by atoms with E-state index >= 15 is 0 Å². The van der Waals surface area contributed by atoms with E-state index in [4.69, 9.17) is 9.15 Å². The average Bonchev–Trinajstić information content (AvgIpc) is 3.41. The van der Waals surface area contributed by atoms with Crippen molar-refractivity contribution in [1.82, 2.24) is 20.5 Å². The van der Waals surface area contributed by atoms with E-state index in [0.29, 0.717) is 28.0 Å². The van der Waals surface area contributed by atoms with Gasteiger partial charge in [0, 0.05) is 29.9 Å². The zero-order valence-corrected chi connectivity index (χ0v) is 17.2. The molecule has 0 radical (unpaired) electrons. The van der Waals surface area contributed by atoms with Gasteiger partial charge in [0.1, 0.15) is 17.0 Å². The number of hydrogen-bond donors (Lipinski definition) is 2. The van der Waals surface area contributed by atoms with Crippen molar-refractivity contribution in [2.75, 3.05) is 13.7 Å². The summed E-state index contributed by atoms with van der Waals surface area (Å²) in [6.07, 6.45) is 1.41. The molecule has 3 aromatic rings. The molecule has 32 heavy (non-hydrogen) atoms. The number of carbonyl (C=O) groups is 4. The smallest absolute Gasteiger partial charge is 0.322 e. The SMILES string of the molecule is COc1ccc2c(c1)C(=O)N(C[C@@]1(c3cc4ncc(C(C)=O)cc4o3)NC(=O)NC1=O)C2. The van der Waals surface area contributed by atoms with E-state index in [1.54, 1.807) is 18.2 Å². The van der Waals surface area contributed by atoms with Crippen LogP contribution in [-0.2, 0) is 16.9 Å². The number of Topliss-reactive ketones (excluding diaryl/α,β-unsaturated/α-hetero) is 1. The summed E-state index contributed by atoms with van der Waals surface area (Å²) >= 11 is 0.